The number of nitrogens with one attached hydrogen (secondary N) is 1. The molecular weight excluding hydrogens is 416 g/mol. The van der Waals surface area contributed by atoms with Gasteiger partial charge in [0.15, 0.2) is 4.96 Å². The number of rotatable bonds is 4. The number of imidazole rings is 1. The maximum Gasteiger partial charge on any atom is 0.197 e. The van der Waals surface area contributed by atoms with Crippen molar-refractivity contribution in [1.82, 2.24) is 9.38 Å². The third kappa shape index (κ3) is 3.25. The molecule has 1 unspecified atom stereocenters. The Morgan fingerprint density at radius 1 is 1.10 bits per heavy atom. The number of benzene rings is 2. The van der Waals surface area contributed by atoms with Crippen molar-refractivity contribution in [3.8, 4) is 0 Å². The quantitative estimate of drug-likeness (QED) is 0.379. The minimum Gasteiger partial charge on any atom is -0.377 e. The Balaban J connectivity index is 1.78. The van der Waals surface area contributed by atoms with Gasteiger partial charge in [0.1, 0.15) is 23.2 Å². The molecule has 0 saturated heterocycles. The van der Waals surface area contributed by atoms with Crippen molar-refractivity contribution in [2.45, 2.75) is 26.4 Å². The van der Waals surface area contributed by atoms with Crippen molar-refractivity contribution >= 4 is 43.6 Å². The van der Waals surface area contributed by atoms with Crippen LogP contribution in [0.4, 0.5) is 20.3 Å². The zero-order chi connectivity index (χ0) is 21.7. The summed E-state index contributed by atoms with van der Waals surface area (Å²) >= 11 is 1.49. The summed E-state index contributed by atoms with van der Waals surface area (Å²) in [5, 5.41) is 3.46. The second-order valence-electron chi connectivity index (χ2n) is 7.66. The summed E-state index contributed by atoms with van der Waals surface area (Å²) in [7, 11) is 1.44. The molecule has 0 spiro atoms. The number of hydrogen-bond acceptors (Lipinski definition) is 4. The molecule has 2 heterocycles. The number of halogens is 2. The van der Waals surface area contributed by atoms with Crippen LogP contribution in [0, 0.1) is 13.8 Å². The lowest BCUT2D eigenvalue weighted by Crippen LogP contribution is -2.13. The van der Waals surface area contributed by atoms with E-state index < -0.39 is 17.8 Å². The van der Waals surface area contributed by atoms with Gasteiger partial charge in [0, 0.05) is 19.2 Å². The molecule has 0 saturated carbocycles. The summed E-state index contributed by atoms with van der Waals surface area (Å²) in [4.78, 5) is 5.35. The predicted molar refractivity (Wildman–Crippen MR) is 122 cm³/mol. The van der Waals surface area contributed by atoms with E-state index >= 15 is 8.78 Å². The number of para-hydroxylation sites is 2. The fraction of sp³-hybridized carbons (Fsp3) is 0.208. The Bertz CT molecular complexity index is 1360. The van der Waals surface area contributed by atoms with E-state index in [0.717, 1.165) is 27.0 Å². The average molecular weight is 438 g/mol. The third-order valence-corrected chi connectivity index (χ3v) is 6.66. The van der Waals surface area contributed by atoms with E-state index in [1.54, 1.807) is 0 Å². The van der Waals surface area contributed by atoms with Gasteiger partial charge in [-0.1, -0.05) is 41.7 Å². The third-order valence-electron chi connectivity index (χ3n) is 5.64. The van der Waals surface area contributed by atoms with Crippen LogP contribution in [0.25, 0.3) is 20.8 Å². The zero-order valence-corrected chi connectivity index (χ0v) is 18.2. The van der Waals surface area contributed by atoms with E-state index in [-0.39, 0.29) is 17.7 Å². The van der Waals surface area contributed by atoms with E-state index in [9.17, 15) is 0 Å². The second kappa shape index (κ2) is 7.59. The average Bonchev–Trinajstić information content (AvgIpc) is 3.26. The maximum absolute atomic E-state index is 15.1. The van der Waals surface area contributed by atoms with E-state index in [1.165, 1.54) is 24.5 Å². The Morgan fingerprint density at radius 2 is 1.84 bits per heavy atom. The fourth-order valence-corrected chi connectivity index (χ4v) is 5.07. The minimum atomic E-state index is -0.657. The molecule has 2 aromatic carbocycles. The molecule has 1 aliphatic carbocycles. The molecular formula is C24H21F2N3OS. The van der Waals surface area contributed by atoms with Crippen LogP contribution in [-0.4, -0.2) is 22.6 Å². The Morgan fingerprint density at radius 3 is 2.55 bits per heavy atom. The van der Waals surface area contributed by atoms with Crippen molar-refractivity contribution in [2.75, 3.05) is 12.4 Å². The van der Waals surface area contributed by atoms with Crippen LogP contribution < -0.4 is 5.32 Å². The van der Waals surface area contributed by atoms with Crippen molar-refractivity contribution < 1.29 is 13.5 Å². The summed E-state index contributed by atoms with van der Waals surface area (Å²) < 4.78 is 38.3. The highest BCUT2D eigenvalue weighted by atomic mass is 32.1. The molecule has 0 radical (unpaired) electrons. The van der Waals surface area contributed by atoms with Crippen molar-refractivity contribution in [3.63, 3.8) is 0 Å². The van der Waals surface area contributed by atoms with E-state index in [0.29, 0.717) is 10.8 Å². The molecule has 1 N–H and O–H groups in total. The summed E-state index contributed by atoms with van der Waals surface area (Å²) in [5.74, 6) is -0.670. The minimum absolute atomic E-state index is 0.0198. The van der Waals surface area contributed by atoms with Crippen LogP contribution >= 0.6 is 11.3 Å². The van der Waals surface area contributed by atoms with Gasteiger partial charge in [-0.05, 0) is 43.2 Å². The van der Waals surface area contributed by atoms with Crippen molar-refractivity contribution in [1.29, 1.82) is 0 Å². The second-order valence-corrected chi connectivity index (χ2v) is 8.67. The Kier molecular flexibility index (Phi) is 4.87. The monoisotopic (exact) mass is 437 g/mol. The number of thiazole rings is 1. The van der Waals surface area contributed by atoms with Crippen LogP contribution in [0.1, 0.15) is 23.2 Å². The molecule has 0 amide bonds. The zero-order valence-electron chi connectivity index (χ0n) is 17.4. The van der Waals surface area contributed by atoms with E-state index in [4.69, 9.17) is 4.74 Å². The number of ether oxygens (including phenoxy) is 1. The predicted octanol–water partition coefficient (Wildman–Crippen LogP) is 6.86. The largest absolute Gasteiger partial charge is 0.377 e. The molecule has 0 bridgehead atoms. The summed E-state index contributed by atoms with van der Waals surface area (Å²) in [6.07, 6.45) is 0.671. The lowest BCUT2D eigenvalue weighted by Gasteiger charge is -2.19. The van der Waals surface area contributed by atoms with Crippen LogP contribution in [-0.2, 0) is 4.74 Å². The summed E-state index contributed by atoms with van der Waals surface area (Å²) in [6.45, 7) is 4.01. The number of nitrogens with zero attached hydrogens (tertiary/aromatic N) is 2. The highest BCUT2D eigenvalue weighted by Crippen LogP contribution is 2.42. The van der Waals surface area contributed by atoms with Gasteiger partial charge in [-0.3, -0.25) is 4.40 Å². The molecule has 31 heavy (non-hydrogen) atoms. The van der Waals surface area contributed by atoms with Crippen LogP contribution in [0.2, 0.25) is 0 Å². The Labute approximate surface area is 182 Å². The topological polar surface area (TPSA) is 38.6 Å². The molecule has 1 aliphatic rings. The van der Waals surface area contributed by atoms with Gasteiger partial charge in [-0.25, -0.2) is 13.8 Å². The fourth-order valence-electron chi connectivity index (χ4n) is 4.04. The van der Waals surface area contributed by atoms with Gasteiger partial charge in [-0.15, -0.1) is 0 Å². The van der Waals surface area contributed by atoms with Crippen LogP contribution in [0.3, 0.4) is 0 Å². The van der Waals surface area contributed by atoms with Gasteiger partial charge in [0.2, 0.25) is 0 Å². The molecule has 5 rings (SSSR count). The van der Waals surface area contributed by atoms with Gasteiger partial charge >= 0.3 is 0 Å². The number of fused-ring (bicyclic) bond motifs is 3. The van der Waals surface area contributed by atoms with Gasteiger partial charge in [0.25, 0.3) is 0 Å². The number of aryl methyl sites for hydroxylation is 2. The SMILES string of the molecule is COC1C=C(F)C(c2nc3sc4ccccc4n3c2Nc2c(C)cccc2C)=C(F)C1. The molecule has 1 atom stereocenters. The van der Waals surface area contributed by atoms with Gasteiger partial charge < -0.3 is 10.1 Å². The smallest absolute Gasteiger partial charge is 0.197 e. The molecule has 4 aromatic rings. The normalized spacial score (nSPS) is 16.9. The first-order chi connectivity index (χ1) is 15.0. The van der Waals surface area contributed by atoms with Gasteiger partial charge in [0.05, 0.1) is 21.9 Å². The number of aromatic nitrogens is 2. The first-order valence-corrected chi connectivity index (χ1v) is 10.8. The summed E-state index contributed by atoms with van der Waals surface area (Å²) in [5.41, 5.74) is 4.06. The standard InChI is InChI=1S/C24H21F2N3OS/c1-13-7-6-8-14(2)21(13)27-23-22(20-16(25)11-15(30-3)12-17(20)26)28-24-29(23)18-9-4-5-10-19(18)31-24/h4-11,15,27H,12H2,1-3H3. The highest BCUT2D eigenvalue weighted by Gasteiger charge is 2.30. The molecule has 7 heteroatoms. The Hall–Kier alpha value is -3.03. The molecule has 2 aromatic heterocycles. The number of hydrogen-bond donors (Lipinski definition) is 1. The lowest BCUT2D eigenvalue weighted by molar-refractivity contribution is 0.133. The van der Waals surface area contributed by atoms with Gasteiger partial charge in [-0.2, -0.15) is 0 Å². The van der Waals surface area contributed by atoms with E-state index in [2.05, 4.69) is 10.3 Å². The highest BCUT2D eigenvalue weighted by molar-refractivity contribution is 7.23. The number of anilines is 2. The molecule has 4 nitrogen and oxygen atoms in total. The van der Waals surface area contributed by atoms with Crippen LogP contribution in [0.5, 0.6) is 0 Å². The molecule has 0 aliphatic heterocycles. The maximum atomic E-state index is 15.1. The molecule has 0 fully saturated rings. The lowest BCUT2D eigenvalue weighted by atomic mass is 9.99. The molecule has 158 valence electrons. The number of methoxy groups -OCH3 is 1. The number of allylic oxidation sites excluding steroid dienone is 2. The summed E-state index contributed by atoms with van der Waals surface area (Å²) in [6, 6.07) is 13.9. The van der Waals surface area contributed by atoms with Crippen LogP contribution in [0.15, 0.2) is 60.2 Å². The van der Waals surface area contributed by atoms with Crippen molar-refractivity contribution in [3.05, 3.63) is 77.0 Å². The van der Waals surface area contributed by atoms with E-state index in [1.807, 2.05) is 60.7 Å². The first-order valence-electron chi connectivity index (χ1n) is 10.0. The van der Waals surface area contributed by atoms with Crippen molar-refractivity contribution in [2.24, 2.45) is 0 Å². The first kappa shape index (κ1) is 19.9.